The second-order valence-electron chi connectivity index (χ2n) is 9.56. The fourth-order valence-electron chi connectivity index (χ4n) is 4.93. The van der Waals surface area contributed by atoms with E-state index in [2.05, 4.69) is 46.9 Å². The molecule has 1 saturated heterocycles. The fraction of sp³-hybridized carbons (Fsp3) is 0.552. The van der Waals surface area contributed by atoms with E-state index in [1.807, 2.05) is 37.8 Å². The molecule has 2 heterocycles. The number of likely N-dealkylation sites (N-methyl/N-ethyl adjacent to an activating group) is 1. The van der Waals surface area contributed by atoms with Gasteiger partial charge in [0.05, 0.1) is 11.6 Å². The van der Waals surface area contributed by atoms with Crippen LogP contribution in [-0.4, -0.2) is 47.7 Å². The van der Waals surface area contributed by atoms with Crippen molar-refractivity contribution in [3.8, 4) is 0 Å². The largest absolute Gasteiger partial charge is 0.379 e. The second kappa shape index (κ2) is 12.7. The molecule has 0 radical (unpaired) electrons. The maximum absolute atomic E-state index is 13.2. The first-order chi connectivity index (χ1) is 17.0. The van der Waals surface area contributed by atoms with Crippen LogP contribution in [0.2, 0.25) is 0 Å². The Morgan fingerprint density at radius 1 is 1.14 bits per heavy atom. The number of oxime groups is 1. The summed E-state index contributed by atoms with van der Waals surface area (Å²) >= 11 is 0. The topological polar surface area (TPSA) is 71.0 Å². The Labute approximate surface area is 210 Å². The van der Waals surface area contributed by atoms with Gasteiger partial charge in [0.25, 0.3) is 5.91 Å². The van der Waals surface area contributed by atoms with Crippen molar-refractivity contribution >= 4 is 17.5 Å². The van der Waals surface area contributed by atoms with Crippen LogP contribution in [0.25, 0.3) is 0 Å². The third-order valence-electron chi connectivity index (χ3n) is 6.97. The molecule has 2 atom stereocenters. The standard InChI is InChI=1S/C27H35N3O3.C2H6/c1-3-28-26(32)27(2)19-24(29-33-27)22-10-7-11-23(13-12-22)25(31)30-16-14-21(15-17-30)18-20-8-5-4-6-9-20;1-2/h4-6,8-10,12-13,21,23H,3,7,11,14-19H2,1-2H3,(H,28,32);1-2H3. The highest BCUT2D eigenvalue weighted by molar-refractivity contribution is 6.07. The second-order valence-corrected chi connectivity index (χ2v) is 9.56. The van der Waals surface area contributed by atoms with Crippen LogP contribution < -0.4 is 5.32 Å². The molecule has 2 aliphatic heterocycles. The Balaban J connectivity index is 0.00000167. The number of carbonyl (C=O) groups is 2. The minimum Gasteiger partial charge on any atom is -0.379 e. The predicted octanol–water partition coefficient (Wildman–Crippen LogP) is 5.06. The highest BCUT2D eigenvalue weighted by Crippen LogP contribution is 2.30. The van der Waals surface area contributed by atoms with Crippen LogP contribution in [0.1, 0.15) is 65.4 Å². The summed E-state index contributed by atoms with van der Waals surface area (Å²) in [4.78, 5) is 33.1. The van der Waals surface area contributed by atoms with E-state index in [-0.39, 0.29) is 17.7 Å². The molecule has 3 aliphatic rings. The monoisotopic (exact) mass is 479 g/mol. The molecule has 0 saturated carbocycles. The SMILES string of the molecule is CC.CCNC(=O)C1(C)CC(C2=CCCC(C(=O)N3CCC(Cc4ccccc4)CC3)C=C2)=NO1. The van der Waals surface area contributed by atoms with E-state index >= 15 is 0 Å². The minimum atomic E-state index is -0.967. The average molecular weight is 480 g/mol. The Morgan fingerprint density at radius 2 is 1.86 bits per heavy atom. The zero-order valence-electron chi connectivity index (χ0n) is 21.8. The van der Waals surface area contributed by atoms with Crippen LogP contribution in [0.15, 0.2) is 59.3 Å². The maximum Gasteiger partial charge on any atom is 0.267 e. The van der Waals surface area contributed by atoms with Crippen LogP contribution >= 0.6 is 0 Å². The van der Waals surface area contributed by atoms with Gasteiger partial charge in [-0.25, -0.2) is 0 Å². The number of nitrogens with zero attached hydrogens (tertiary/aromatic N) is 2. The van der Waals surface area contributed by atoms with Crippen LogP contribution in [-0.2, 0) is 20.8 Å². The lowest BCUT2D eigenvalue weighted by atomic mass is 9.89. The number of amides is 2. The molecule has 0 spiro atoms. The molecule has 190 valence electrons. The van der Waals surface area contributed by atoms with Crippen molar-refractivity contribution in [1.29, 1.82) is 0 Å². The summed E-state index contributed by atoms with van der Waals surface area (Å²) in [6, 6.07) is 10.6. The van der Waals surface area contributed by atoms with E-state index in [1.165, 1.54) is 5.56 Å². The zero-order chi connectivity index (χ0) is 25.3. The third kappa shape index (κ3) is 6.83. The molecular formula is C29H41N3O3. The molecule has 6 nitrogen and oxygen atoms in total. The molecule has 35 heavy (non-hydrogen) atoms. The molecule has 1 aromatic carbocycles. The smallest absolute Gasteiger partial charge is 0.267 e. The fourth-order valence-corrected chi connectivity index (χ4v) is 4.93. The van der Waals surface area contributed by atoms with Gasteiger partial charge < -0.3 is 15.1 Å². The van der Waals surface area contributed by atoms with Crippen molar-refractivity contribution in [2.75, 3.05) is 19.6 Å². The zero-order valence-corrected chi connectivity index (χ0v) is 21.8. The molecule has 1 aliphatic carbocycles. The highest BCUT2D eigenvalue weighted by atomic mass is 16.7. The number of rotatable bonds is 6. The summed E-state index contributed by atoms with van der Waals surface area (Å²) in [6.07, 6.45) is 11.4. The third-order valence-corrected chi connectivity index (χ3v) is 6.97. The molecule has 2 unspecified atom stereocenters. The summed E-state index contributed by atoms with van der Waals surface area (Å²) in [5, 5.41) is 7.01. The molecule has 2 amide bonds. The number of hydrogen-bond donors (Lipinski definition) is 1. The molecule has 1 fully saturated rings. The van der Waals surface area contributed by atoms with Gasteiger partial charge >= 0.3 is 0 Å². The number of piperidine rings is 1. The van der Waals surface area contributed by atoms with Crippen LogP contribution in [0.3, 0.4) is 0 Å². The van der Waals surface area contributed by atoms with Gasteiger partial charge in [0.1, 0.15) is 0 Å². The first kappa shape index (κ1) is 26.7. The molecular weight excluding hydrogens is 438 g/mol. The Hall–Kier alpha value is -2.89. The number of carbonyl (C=O) groups excluding carboxylic acids is 2. The minimum absolute atomic E-state index is 0.109. The first-order valence-electron chi connectivity index (χ1n) is 13.2. The molecule has 1 N–H and O–H groups in total. The lowest BCUT2D eigenvalue weighted by Gasteiger charge is -2.33. The summed E-state index contributed by atoms with van der Waals surface area (Å²) < 4.78 is 0. The van der Waals surface area contributed by atoms with Crippen molar-refractivity contribution in [3.63, 3.8) is 0 Å². The summed E-state index contributed by atoms with van der Waals surface area (Å²) in [6.45, 7) is 9.89. The van der Waals surface area contributed by atoms with Crippen LogP contribution in [0.5, 0.6) is 0 Å². The van der Waals surface area contributed by atoms with E-state index < -0.39 is 5.60 Å². The summed E-state index contributed by atoms with van der Waals surface area (Å²) in [5.74, 6) is 0.623. The number of benzene rings is 1. The van der Waals surface area contributed by atoms with Gasteiger partial charge in [-0.05, 0) is 63.0 Å². The van der Waals surface area contributed by atoms with Crippen molar-refractivity contribution in [2.45, 2.75) is 71.8 Å². The molecule has 4 rings (SSSR count). The highest BCUT2D eigenvalue weighted by Gasteiger charge is 2.42. The normalized spacial score (nSPS) is 24.3. The van der Waals surface area contributed by atoms with Crippen molar-refractivity contribution in [1.82, 2.24) is 10.2 Å². The molecule has 0 aromatic heterocycles. The Kier molecular flexibility index (Phi) is 9.70. The number of allylic oxidation sites excluding steroid dienone is 3. The molecule has 0 bridgehead atoms. The molecule has 6 heteroatoms. The van der Waals surface area contributed by atoms with Gasteiger partial charge in [0, 0.05) is 26.1 Å². The van der Waals surface area contributed by atoms with Crippen LogP contribution in [0, 0.1) is 11.8 Å². The van der Waals surface area contributed by atoms with E-state index in [0.29, 0.717) is 18.9 Å². The summed E-state index contributed by atoms with van der Waals surface area (Å²) in [7, 11) is 0. The van der Waals surface area contributed by atoms with Crippen LogP contribution in [0.4, 0.5) is 0 Å². The molecule has 1 aromatic rings. The van der Waals surface area contributed by atoms with Gasteiger partial charge in [-0.2, -0.15) is 0 Å². The van der Waals surface area contributed by atoms with Gasteiger partial charge in [-0.15, -0.1) is 0 Å². The Bertz CT molecular complexity index is 945. The van der Waals surface area contributed by atoms with Crippen molar-refractivity contribution < 1.29 is 14.4 Å². The predicted molar refractivity (Wildman–Crippen MR) is 141 cm³/mol. The van der Waals surface area contributed by atoms with E-state index in [9.17, 15) is 9.59 Å². The van der Waals surface area contributed by atoms with Gasteiger partial charge in [0.15, 0.2) is 0 Å². The van der Waals surface area contributed by atoms with Gasteiger partial charge in [0.2, 0.25) is 11.5 Å². The van der Waals surface area contributed by atoms with Crippen molar-refractivity contribution in [3.05, 3.63) is 59.7 Å². The number of nitrogens with one attached hydrogen (secondary N) is 1. The quantitative estimate of drug-likeness (QED) is 0.620. The van der Waals surface area contributed by atoms with E-state index in [1.54, 1.807) is 6.92 Å². The number of likely N-dealkylation sites (tertiary alicyclic amines) is 1. The van der Waals surface area contributed by atoms with Gasteiger partial charge in [-0.3, -0.25) is 9.59 Å². The van der Waals surface area contributed by atoms with E-state index in [4.69, 9.17) is 4.84 Å². The summed E-state index contributed by atoms with van der Waals surface area (Å²) in [5.41, 5.74) is 2.15. The van der Waals surface area contributed by atoms with Crippen molar-refractivity contribution in [2.24, 2.45) is 17.0 Å². The first-order valence-corrected chi connectivity index (χ1v) is 13.2. The maximum atomic E-state index is 13.2. The lowest BCUT2D eigenvalue weighted by Crippen LogP contribution is -2.44. The average Bonchev–Trinajstić information content (AvgIpc) is 3.13. The Morgan fingerprint density at radius 3 is 2.54 bits per heavy atom. The van der Waals surface area contributed by atoms with Gasteiger partial charge in [-0.1, -0.05) is 67.6 Å². The number of hydrogen-bond acceptors (Lipinski definition) is 4. The lowest BCUT2D eigenvalue weighted by molar-refractivity contribution is -0.141. The van der Waals surface area contributed by atoms with E-state index in [0.717, 1.165) is 56.5 Å².